The third kappa shape index (κ3) is 4.78. The van der Waals surface area contributed by atoms with E-state index in [1.807, 2.05) is 47.4 Å². The minimum Gasteiger partial charge on any atom is -0.311 e. The molecular formula is C23H25ClN6O. The summed E-state index contributed by atoms with van der Waals surface area (Å²) in [5.74, 6) is 1.85. The maximum atomic E-state index is 12.1. The number of aromatic nitrogens is 4. The lowest BCUT2D eigenvalue weighted by Gasteiger charge is -2.32. The molecule has 7 nitrogen and oxygen atoms in total. The van der Waals surface area contributed by atoms with Gasteiger partial charge in [0.15, 0.2) is 5.82 Å². The quantitative estimate of drug-likeness (QED) is 0.627. The van der Waals surface area contributed by atoms with Crippen LogP contribution in [0.2, 0.25) is 5.02 Å². The second kappa shape index (κ2) is 8.77. The summed E-state index contributed by atoms with van der Waals surface area (Å²) < 4.78 is 1.99. The SMILES string of the molecule is O=C(Nc1ccnn1C1CCN(Cc2cnc(-c3ccc(Cl)cc3)nc2)CC1)C1CC1. The van der Waals surface area contributed by atoms with Crippen LogP contribution in [0.1, 0.15) is 37.3 Å². The van der Waals surface area contributed by atoms with E-state index in [4.69, 9.17) is 11.6 Å². The molecule has 160 valence electrons. The maximum Gasteiger partial charge on any atom is 0.228 e. The lowest BCUT2D eigenvalue weighted by atomic mass is 10.0. The Kier molecular flexibility index (Phi) is 5.70. The summed E-state index contributed by atoms with van der Waals surface area (Å²) in [5, 5.41) is 8.23. The first kappa shape index (κ1) is 20.2. The number of rotatable bonds is 6. The summed E-state index contributed by atoms with van der Waals surface area (Å²) in [5.41, 5.74) is 2.06. The molecule has 0 bridgehead atoms. The van der Waals surface area contributed by atoms with Crippen LogP contribution in [0.25, 0.3) is 11.4 Å². The molecule has 0 spiro atoms. The highest BCUT2D eigenvalue weighted by molar-refractivity contribution is 6.30. The molecule has 0 radical (unpaired) electrons. The topological polar surface area (TPSA) is 75.9 Å². The molecule has 3 heterocycles. The number of piperidine rings is 1. The zero-order valence-electron chi connectivity index (χ0n) is 17.2. The van der Waals surface area contributed by atoms with Crippen LogP contribution in [0.5, 0.6) is 0 Å². The van der Waals surface area contributed by atoms with E-state index >= 15 is 0 Å². The van der Waals surface area contributed by atoms with Gasteiger partial charge in [-0.15, -0.1) is 0 Å². The second-order valence-electron chi connectivity index (χ2n) is 8.35. The van der Waals surface area contributed by atoms with E-state index in [2.05, 4.69) is 25.3 Å². The smallest absolute Gasteiger partial charge is 0.228 e. The molecule has 2 aliphatic rings. The fraction of sp³-hybridized carbons (Fsp3) is 0.391. The lowest BCUT2D eigenvalue weighted by molar-refractivity contribution is -0.117. The molecule has 0 atom stereocenters. The van der Waals surface area contributed by atoms with Gasteiger partial charge in [-0.3, -0.25) is 9.69 Å². The van der Waals surface area contributed by atoms with Crippen molar-refractivity contribution in [3.8, 4) is 11.4 Å². The molecule has 3 aromatic rings. The van der Waals surface area contributed by atoms with Crippen LogP contribution in [-0.4, -0.2) is 43.6 Å². The summed E-state index contributed by atoms with van der Waals surface area (Å²) in [7, 11) is 0. The molecule has 1 amide bonds. The molecule has 1 aliphatic heterocycles. The van der Waals surface area contributed by atoms with E-state index in [0.717, 1.165) is 62.3 Å². The van der Waals surface area contributed by atoms with Crippen molar-refractivity contribution in [3.05, 3.63) is 59.5 Å². The molecule has 31 heavy (non-hydrogen) atoms. The number of halogens is 1. The van der Waals surface area contributed by atoms with Crippen molar-refractivity contribution < 1.29 is 4.79 Å². The first-order valence-corrected chi connectivity index (χ1v) is 11.2. The highest BCUT2D eigenvalue weighted by Gasteiger charge is 2.31. The Morgan fingerprint density at radius 2 is 1.74 bits per heavy atom. The van der Waals surface area contributed by atoms with Gasteiger partial charge in [0.1, 0.15) is 5.82 Å². The van der Waals surface area contributed by atoms with Gasteiger partial charge in [0.25, 0.3) is 0 Å². The fourth-order valence-corrected chi connectivity index (χ4v) is 4.17. The van der Waals surface area contributed by atoms with Crippen LogP contribution in [0.15, 0.2) is 48.9 Å². The molecule has 2 fully saturated rings. The third-order valence-corrected chi connectivity index (χ3v) is 6.24. The van der Waals surface area contributed by atoms with Crippen molar-refractivity contribution in [1.82, 2.24) is 24.6 Å². The van der Waals surface area contributed by atoms with Crippen molar-refractivity contribution in [3.63, 3.8) is 0 Å². The standard InChI is InChI=1S/C23H25ClN6O/c24-19-5-3-17(4-6-19)22-25-13-16(14-26-22)15-29-11-8-20(9-12-29)30-21(7-10-27-30)28-23(31)18-1-2-18/h3-7,10,13-14,18,20H,1-2,8-9,11-12,15H2,(H,28,31). The van der Waals surface area contributed by atoms with Crippen LogP contribution < -0.4 is 5.32 Å². The number of anilines is 1. The van der Waals surface area contributed by atoms with Gasteiger partial charge in [0.2, 0.25) is 5.91 Å². The Morgan fingerprint density at radius 3 is 2.42 bits per heavy atom. The first-order chi connectivity index (χ1) is 15.2. The molecule has 2 aromatic heterocycles. The van der Waals surface area contributed by atoms with Gasteiger partial charge in [-0.2, -0.15) is 5.10 Å². The number of hydrogen-bond donors (Lipinski definition) is 1. The summed E-state index contributed by atoms with van der Waals surface area (Å²) in [6.07, 6.45) is 9.58. The predicted octanol–water partition coefficient (Wildman–Crippen LogP) is 4.18. The minimum absolute atomic E-state index is 0.126. The Bertz CT molecular complexity index is 1040. The molecule has 1 N–H and O–H groups in total. The Hall–Kier alpha value is -2.77. The first-order valence-electron chi connectivity index (χ1n) is 10.8. The number of carbonyl (C=O) groups is 1. The van der Waals surface area contributed by atoms with E-state index in [9.17, 15) is 4.79 Å². The average molecular weight is 437 g/mol. The molecule has 5 rings (SSSR count). The van der Waals surface area contributed by atoms with Crippen molar-refractivity contribution in [2.24, 2.45) is 5.92 Å². The van der Waals surface area contributed by atoms with Crippen molar-refractivity contribution in [1.29, 1.82) is 0 Å². The number of nitrogens with one attached hydrogen (secondary N) is 1. The van der Waals surface area contributed by atoms with Crippen LogP contribution in [-0.2, 0) is 11.3 Å². The summed E-state index contributed by atoms with van der Waals surface area (Å²) in [6.45, 7) is 2.77. The van der Waals surface area contributed by atoms with Gasteiger partial charge in [-0.05, 0) is 49.9 Å². The average Bonchev–Trinajstić information content (AvgIpc) is 3.55. The van der Waals surface area contributed by atoms with Crippen LogP contribution >= 0.6 is 11.6 Å². The van der Waals surface area contributed by atoms with Crippen LogP contribution in [0.4, 0.5) is 5.82 Å². The minimum atomic E-state index is 0.126. The van der Waals surface area contributed by atoms with E-state index in [-0.39, 0.29) is 11.8 Å². The third-order valence-electron chi connectivity index (χ3n) is 5.99. The Balaban J connectivity index is 1.16. The van der Waals surface area contributed by atoms with Gasteiger partial charge >= 0.3 is 0 Å². The van der Waals surface area contributed by atoms with Gasteiger partial charge in [-0.25, -0.2) is 14.6 Å². The number of hydrogen-bond acceptors (Lipinski definition) is 5. The van der Waals surface area contributed by atoms with E-state index in [1.54, 1.807) is 6.20 Å². The molecular weight excluding hydrogens is 412 g/mol. The lowest BCUT2D eigenvalue weighted by Crippen LogP contribution is -2.35. The molecule has 1 aromatic carbocycles. The Morgan fingerprint density at radius 1 is 1.03 bits per heavy atom. The molecule has 0 unspecified atom stereocenters. The zero-order chi connectivity index (χ0) is 21.2. The van der Waals surface area contributed by atoms with Crippen molar-refractivity contribution >= 4 is 23.3 Å². The number of amides is 1. The van der Waals surface area contributed by atoms with Gasteiger partial charge in [0.05, 0.1) is 12.2 Å². The normalized spacial score (nSPS) is 17.6. The predicted molar refractivity (Wildman–Crippen MR) is 120 cm³/mol. The van der Waals surface area contributed by atoms with Gasteiger partial charge in [0, 0.05) is 60.2 Å². The van der Waals surface area contributed by atoms with E-state index in [0.29, 0.717) is 16.9 Å². The van der Waals surface area contributed by atoms with E-state index < -0.39 is 0 Å². The zero-order valence-corrected chi connectivity index (χ0v) is 18.0. The van der Waals surface area contributed by atoms with Crippen LogP contribution in [0.3, 0.4) is 0 Å². The molecule has 8 heteroatoms. The second-order valence-corrected chi connectivity index (χ2v) is 8.79. The number of likely N-dealkylation sites (tertiary alicyclic amines) is 1. The molecule has 1 saturated heterocycles. The highest BCUT2D eigenvalue weighted by Crippen LogP contribution is 2.31. The number of nitrogens with zero attached hydrogens (tertiary/aromatic N) is 5. The number of benzene rings is 1. The van der Waals surface area contributed by atoms with Crippen LogP contribution in [0, 0.1) is 5.92 Å². The van der Waals surface area contributed by atoms with Gasteiger partial charge in [-0.1, -0.05) is 11.6 Å². The Labute approximate surface area is 186 Å². The monoisotopic (exact) mass is 436 g/mol. The fourth-order valence-electron chi connectivity index (χ4n) is 4.04. The molecule has 1 saturated carbocycles. The van der Waals surface area contributed by atoms with E-state index in [1.165, 1.54) is 0 Å². The summed E-state index contributed by atoms with van der Waals surface area (Å²) >= 11 is 5.95. The van der Waals surface area contributed by atoms with Crippen molar-refractivity contribution in [2.75, 3.05) is 18.4 Å². The highest BCUT2D eigenvalue weighted by atomic mass is 35.5. The summed E-state index contributed by atoms with van der Waals surface area (Å²) in [4.78, 5) is 23.6. The largest absolute Gasteiger partial charge is 0.311 e. The summed E-state index contributed by atoms with van der Waals surface area (Å²) in [6, 6.07) is 9.76. The van der Waals surface area contributed by atoms with Gasteiger partial charge < -0.3 is 5.32 Å². The van der Waals surface area contributed by atoms with Crippen molar-refractivity contribution in [2.45, 2.75) is 38.3 Å². The maximum absolute atomic E-state index is 12.1. The number of carbonyl (C=O) groups excluding carboxylic acids is 1. The molecule has 1 aliphatic carbocycles.